The number of aromatic nitrogens is 1. The number of para-hydroxylation sites is 4. The fraction of sp³-hybridized carbons (Fsp3) is 0.0526. The molecule has 1 aliphatic rings. The van der Waals surface area contributed by atoms with Crippen LogP contribution in [0.2, 0.25) is 0 Å². The van der Waals surface area contributed by atoms with Crippen LogP contribution in [0, 0.1) is 0 Å². The van der Waals surface area contributed by atoms with E-state index in [0.717, 1.165) is 33.8 Å². The monoisotopic (exact) mass is 754 g/mol. The third-order valence-corrected chi connectivity index (χ3v) is 12.4. The Bertz CT molecular complexity index is 3190. The van der Waals surface area contributed by atoms with E-state index in [0.29, 0.717) is 0 Å². The lowest BCUT2D eigenvalue weighted by Crippen LogP contribution is -2.15. The summed E-state index contributed by atoms with van der Waals surface area (Å²) in [6.07, 6.45) is 0. The molecule has 2 nitrogen and oxygen atoms in total. The SMILES string of the molecule is CC1(C)c2ccccc2-c2c(-c3ccccc3N(c3ccccc3-c3ccccc3-c3ccccc3)c3cccc4c3c3ccccc3n4-c3ccccc3)cccc21. The van der Waals surface area contributed by atoms with Crippen molar-refractivity contribution in [2.75, 3.05) is 4.90 Å². The van der Waals surface area contributed by atoms with Gasteiger partial charge in [0.25, 0.3) is 0 Å². The summed E-state index contributed by atoms with van der Waals surface area (Å²) < 4.78 is 2.41. The number of rotatable bonds is 7. The molecule has 59 heavy (non-hydrogen) atoms. The molecule has 9 aromatic carbocycles. The zero-order chi connectivity index (χ0) is 39.5. The average Bonchev–Trinajstić information content (AvgIpc) is 3.76. The smallest absolute Gasteiger partial charge is 0.0562 e. The van der Waals surface area contributed by atoms with Crippen LogP contribution in [0.3, 0.4) is 0 Å². The maximum absolute atomic E-state index is 2.54. The maximum atomic E-state index is 2.54. The minimum Gasteiger partial charge on any atom is -0.309 e. The van der Waals surface area contributed by atoms with Gasteiger partial charge in [-0.15, -0.1) is 0 Å². The Hall–Kier alpha value is -7.42. The van der Waals surface area contributed by atoms with Crippen molar-refractivity contribution in [1.29, 1.82) is 0 Å². The number of nitrogens with zero attached hydrogens (tertiary/aromatic N) is 2. The van der Waals surface area contributed by atoms with Crippen molar-refractivity contribution in [1.82, 2.24) is 4.57 Å². The zero-order valence-corrected chi connectivity index (χ0v) is 33.2. The molecule has 0 spiro atoms. The highest BCUT2D eigenvalue weighted by molar-refractivity contribution is 6.17. The van der Waals surface area contributed by atoms with Gasteiger partial charge in [0, 0.05) is 33.0 Å². The first kappa shape index (κ1) is 34.8. The summed E-state index contributed by atoms with van der Waals surface area (Å²) in [6.45, 7) is 4.73. The van der Waals surface area contributed by atoms with Crippen molar-refractivity contribution in [3.63, 3.8) is 0 Å². The van der Waals surface area contributed by atoms with Crippen LogP contribution in [0.15, 0.2) is 218 Å². The predicted octanol–water partition coefficient (Wildman–Crippen LogP) is 15.6. The van der Waals surface area contributed by atoms with Gasteiger partial charge in [0.15, 0.2) is 0 Å². The average molecular weight is 755 g/mol. The Balaban J connectivity index is 1.25. The number of benzene rings is 9. The molecule has 0 fully saturated rings. The Labute approximate surface area is 345 Å². The number of anilines is 3. The van der Waals surface area contributed by atoms with Crippen LogP contribution in [-0.2, 0) is 5.41 Å². The topological polar surface area (TPSA) is 8.17 Å². The molecule has 11 rings (SSSR count). The van der Waals surface area contributed by atoms with Crippen molar-refractivity contribution < 1.29 is 0 Å². The molecule has 2 heteroatoms. The molecule has 1 aromatic heterocycles. The molecule has 0 radical (unpaired) electrons. The summed E-state index contributed by atoms with van der Waals surface area (Å²) in [6, 6.07) is 79.9. The summed E-state index contributed by atoms with van der Waals surface area (Å²) in [5.41, 5.74) is 19.3. The van der Waals surface area contributed by atoms with Gasteiger partial charge in [-0.05, 0) is 87.0 Å². The van der Waals surface area contributed by atoms with Gasteiger partial charge in [0.2, 0.25) is 0 Å². The number of fused-ring (bicyclic) bond motifs is 6. The van der Waals surface area contributed by atoms with Crippen molar-refractivity contribution in [3.05, 3.63) is 230 Å². The zero-order valence-electron chi connectivity index (χ0n) is 33.2. The second-order valence-electron chi connectivity index (χ2n) is 16.0. The lowest BCUT2D eigenvalue weighted by molar-refractivity contribution is 0.660. The highest BCUT2D eigenvalue weighted by atomic mass is 15.2. The van der Waals surface area contributed by atoms with E-state index in [1.54, 1.807) is 0 Å². The highest BCUT2D eigenvalue weighted by Crippen LogP contribution is 2.55. The summed E-state index contributed by atoms with van der Waals surface area (Å²) in [5.74, 6) is 0. The van der Waals surface area contributed by atoms with E-state index in [1.165, 1.54) is 66.4 Å². The van der Waals surface area contributed by atoms with E-state index in [4.69, 9.17) is 0 Å². The Morgan fingerprint density at radius 3 is 1.59 bits per heavy atom. The van der Waals surface area contributed by atoms with E-state index in [9.17, 15) is 0 Å². The van der Waals surface area contributed by atoms with Crippen LogP contribution in [0.4, 0.5) is 17.1 Å². The molecular weight excluding hydrogens is 713 g/mol. The third kappa shape index (κ3) is 5.48. The summed E-state index contributed by atoms with van der Waals surface area (Å²) in [7, 11) is 0. The predicted molar refractivity (Wildman–Crippen MR) is 249 cm³/mol. The molecule has 0 atom stereocenters. The van der Waals surface area contributed by atoms with Crippen LogP contribution < -0.4 is 4.90 Å². The van der Waals surface area contributed by atoms with Gasteiger partial charge < -0.3 is 9.47 Å². The minimum absolute atomic E-state index is 0.116. The van der Waals surface area contributed by atoms with E-state index < -0.39 is 0 Å². The number of hydrogen-bond donors (Lipinski definition) is 0. The molecule has 0 aliphatic heterocycles. The van der Waals surface area contributed by atoms with Crippen LogP contribution in [-0.4, -0.2) is 4.57 Å². The lowest BCUT2D eigenvalue weighted by atomic mass is 9.82. The molecule has 0 saturated carbocycles. The van der Waals surface area contributed by atoms with Gasteiger partial charge in [0.05, 0.1) is 28.1 Å². The van der Waals surface area contributed by atoms with Crippen molar-refractivity contribution in [2.24, 2.45) is 0 Å². The second-order valence-corrected chi connectivity index (χ2v) is 16.0. The van der Waals surface area contributed by atoms with E-state index in [-0.39, 0.29) is 5.41 Å². The fourth-order valence-corrected chi connectivity index (χ4v) is 9.79. The van der Waals surface area contributed by atoms with Crippen LogP contribution in [0.5, 0.6) is 0 Å². The van der Waals surface area contributed by atoms with E-state index in [2.05, 4.69) is 242 Å². The summed E-state index contributed by atoms with van der Waals surface area (Å²) in [5, 5.41) is 2.42. The van der Waals surface area contributed by atoms with Gasteiger partial charge in [-0.25, -0.2) is 0 Å². The quantitative estimate of drug-likeness (QED) is 0.157. The summed E-state index contributed by atoms with van der Waals surface area (Å²) >= 11 is 0. The highest BCUT2D eigenvalue weighted by Gasteiger charge is 2.37. The molecule has 10 aromatic rings. The number of hydrogen-bond acceptors (Lipinski definition) is 1. The molecule has 0 unspecified atom stereocenters. The van der Waals surface area contributed by atoms with E-state index >= 15 is 0 Å². The second kappa shape index (κ2) is 13.9. The van der Waals surface area contributed by atoms with Gasteiger partial charge in [-0.1, -0.05) is 190 Å². The van der Waals surface area contributed by atoms with Crippen molar-refractivity contribution >= 4 is 38.9 Å². The van der Waals surface area contributed by atoms with Gasteiger partial charge >= 0.3 is 0 Å². The molecule has 1 heterocycles. The van der Waals surface area contributed by atoms with Crippen LogP contribution in [0.25, 0.3) is 72.0 Å². The van der Waals surface area contributed by atoms with Gasteiger partial charge in [-0.3, -0.25) is 0 Å². The minimum atomic E-state index is -0.116. The largest absolute Gasteiger partial charge is 0.309 e. The first-order valence-electron chi connectivity index (χ1n) is 20.5. The van der Waals surface area contributed by atoms with Crippen LogP contribution >= 0.6 is 0 Å². The first-order valence-corrected chi connectivity index (χ1v) is 20.5. The summed E-state index contributed by atoms with van der Waals surface area (Å²) in [4.78, 5) is 2.54. The molecule has 0 N–H and O–H groups in total. The van der Waals surface area contributed by atoms with E-state index in [1.807, 2.05) is 0 Å². The van der Waals surface area contributed by atoms with Gasteiger partial charge in [0.1, 0.15) is 0 Å². The first-order chi connectivity index (χ1) is 29.1. The molecule has 0 bridgehead atoms. The fourth-order valence-electron chi connectivity index (χ4n) is 9.79. The normalized spacial score (nSPS) is 12.7. The Morgan fingerprint density at radius 2 is 0.847 bits per heavy atom. The van der Waals surface area contributed by atoms with Crippen molar-refractivity contribution in [3.8, 4) is 50.2 Å². The van der Waals surface area contributed by atoms with Crippen molar-refractivity contribution in [2.45, 2.75) is 19.3 Å². The lowest BCUT2D eigenvalue weighted by Gasteiger charge is -2.31. The van der Waals surface area contributed by atoms with Crippen LogP contribution in [0.1, 0.15) is 25.0 Å². The Morgan fingerprint density at radius 1 is 0.356 bits per heavy atom. The molecular formula is C57H42N2. The maximum Gasteiger partial charge on any atom is 0.0562 e. The molecule has 0 amide bonds. The van der Waals surface area contributed by atoms with Gasteiger partial charge in [-0.2, -0.15) is 0 Å². The molecule has 0 saturated heterocycles. The third-order valence-electron chi connectivity index (χ3n) is 12.4. The molecule has 1 aliphatic carbocycles. The Kier molecular flexibility index (Phi) is 8.20. The standard InChI is InChI=1S/C57H42N2/c1-57(2)48-32-15-11-29-46(48)55-45(31-19-33-49(55)57)44-28-13-17-35-51(44)59(50-34-16-12-27-43(50)42-26-10-9-25-41(42)39-21-5-3-6-22-39)54-38-20-37-53-56(54)47-30-14-18-36-52(47)58(53)40-23-7-4-8-24-40/h3-38H,1-2H3. The molecule has 280 valence electrons.